The SMILES string of the molecule is COc1ccc(C(N)C2=CCCC2)c(F)c1. The van der Waals surface area contributed by atoms with E-state index in [2.05, 4.69) is 6.08 Å². The molecule has 1 atom stereocenters. The Kier molecular flexibility index (Phi) is 3.25. The summed E-state index contributed by atoms with van der Waals surface area (Å²) in [5.41, 5.74) is 7.74. The standard InChI is InChI=1S/C13H16FNO/c1-16-10-6-7-11(12(14)8-10)13(15)9-4-2-3-5-9/h4,6-8,13H,2-3,5,15H2,1H3. The molecule has 2 nitrogen and oxygen atoms in total. The minimum Gasteiger partial charge on any atom is -0.497 e. The lowest BCUT2D eigenvalue weighted by Crippen LogP contribution is -2.14. The zero-order chi connectivity index (χ0) is 11.5. The molecule has 1 aromatic carbocycles. The van der Waals surface area contributed by atoms with Crippen LogP contribution in [0.3, 0.4) is 0 Å². The molecular weight excluding hydrogens is 205 g/mol. The quantitative estimate of drug-likeness (QED) is 0.796. The molecule has 1 aliphatic carbocycles. The van der Waals surface area contributed by atoms with Crippen LogP contribution in [0.2, 0.25) is 0 Å². The van der Waals surface area contributed by atoms with Gasteiger partial charge in [0.1, 0.15) is 11.6 Å². The van der Waals surface area contributed by atoms with Crippen LogP contribution < -0.4 is 10.5 Å². The van der Waals surface area contributed by atoms with E-state index in [0.29, 0.717) is 11.3 Å². The summed E-state index contributed by atoms with van der Waals surface area (Å²) in [4.78, 5) is 0. The zero-order valence-electron chi connectivity index (χ0n) is 9.37. The van der Waals surface area contributed by atoms with Gasteiger partial charge in [-0.3, -0.25) is 0 Å². The Balaban J connectivity index is 2.26. The second-order valence-corrected chi connectivity index (χ2v) is 4.04. The predicted octanol–water partition coefficient (Wildman–Crippen LogP) is 2.94. The second kappa shape index (κ2) is 4.66. The lowest BCUT2D eigenvalue weighted by Gasteiger charge is -2.15. The van der Waals surface area contributed by atoms with Gasteiger partial charge in [0, 0.05) is 11.6 Å². The van der Waals surface area contributed by atoms with Gasteiger partial charge in [0.15, 0.2) is 0 Å². The summed E-state index contributed by atoms with van der Waals surface area (Å²) in [5.74, 6) is 0.230. The zero-order valence-corrected chi connectivity index (χ0v) is 9.37. The van der Waals surface area contributed by atoms with Gasteiger partial charge in [-0.05, 0) is 25.3 Å². The molecule has 2 N–H and O–H groups in total. The van der Waals surface area contributed by atoms with E-state index in [9.17, 15) is 4.39 Å². The van der Waals surface area contributed by atoms with Crippen LogP contribution >= 0.6 is 0 Å². The number of ether oxygens (including phenoxy) is 1. The molecule has 1 aromatic rings. The van der Waals surface area contributed by atoms with E-state index in [1.54, 1.807) is 12.1 Å². The Morgan fingerprint density at radius 3 is 2.81 bits per heavy atom. The van der Waals surface area contributed by atoms with Crippen molar-refractivity contribution in [3.8, 4) is 5.75 Å². The Labute approximate surface area is 94.9 Å². The topological polar surface area (TPSA) is 35.2 Å². The first-order valence-corrected chi connectivity index (χ1v) is 5.50. The van der Waals surface area contributed by atoms with Crippen LogP contribution in [0.5, 0.6) is 5.75 Å². The van der Waals surface area contributed by atoms with Gasteiger partial charge in [0.2, 0.25) is 0 Å². The van der Waals surface area contributed by atoms with E-state index in [-0.39, 0.29) is 11.9 Å². The van der Waals surface area contributed by atoms with Gasteiger partial charge in [-0.25, -0.2) is 4.39 Å². The third-order valence-corrected chi connectivity index (χ3v) is 3.02. The van der Waals surface area contributed by atoms with Crippen molar-refractivity contribution >= 4 is 0 Å². The van der Waals surface area contributed by atoms with Gasteiger partial charge in [-0.15, -0.1) is 0 Å². The fourth-order valence-corrected chi connectivity index (χ4v) is 2.06. The van der Waals surface area contributed by atoms with Gasteiger partial charge in [-0.2, -0.15) is 0 Å². The summed E-state index contributed by atoms with van der Waals surface area (Å²) in [6.45, 7) is 0. The van der Waals surface area contributed by atoms with E-state index < -0.39 is 0 Å². The number of halogens is 1. The summed E-state index contributed by atoms with van der Waals surface area (Å²) in [6.07, 6.45) is 5.28. The van der Waals surface area contributed by atoms with Gasteiger partial charge < -0.3 is 10.5 Å². The predicted molar refractivity (Wildman–Crippen MR) is 61.8 cm³/mol. The summed E-state index contributed by atoms with van der Waals surface area (Å²) >= 11 is 0. The van der Waals surface area contributed by atoms with E-state index in [1.807, 2.05) is 0 Å². The molecule has 0 saturated heterocycles. The smallest absolute Gasteiger partial charge is 0.131 e. The van der Waals surface area contributed by atoms with E-state index in [1.165, 1.54) is 13.2 Å². The summed E-state index contributed by atoms with van der Waals surface area (Å²) in [5, 5.41) is 0. The van der Waals surface area contributed by atoms with Crippen molar-refractivity contribution in [2.24, 2.45) is 5.73 Å². The fourth-order valence-electron chi connectivity index (χ4n) is 2.06. The molecule has 0 saturated carbocycles. The van der Waals surface area contributed by atoms with Gasteiger partial charge in [0.25, 0.3) is 0 Å². The molecule has 3 heteroatoms. The highest BCUT2D eigenvalue weighted by molar-refractivity contribution is 5.35. The highest BCUT2D eigenvalue weighted by atomic mass is 19.1. The van der Waals surface area contributed by atoms with E-state index >= 15 is 0 Å². The Hall–Kier alpha value is -1.35. The van der Waals surface area contributed by atoms with Crippen molar-refractivity contribution in [3.05, 3.63) is 41.2 Å². The molecule has 0 radical (unpaired) electrons. The number of hydrogen-bond donors (Lipinski definition) is 1. The molecular formula is C13H16FNO. The highest BCUT2D eigenvalue weighted by Gasteiger charge is 2.18. The third-order valence-electron chi connectivity index (χ3n) is 3.02. The van der Waals surface area contributed by atoms with Crippen LogP contribution in [0.25, 0.3) is 0 Å². The van der Waals surface area contributed by atoms with Crippen LogP contribution in [0, 0.1) is 5.82 Å². The summed E-state index contributed by atoms with van der Waals surface area (Å²) in [6, 6.07) is 4.52. The largest absolute Gasteiger partial charge is 0.497 e. The summed E-state index contributed by atoms with van der Waals surface area (Å²) < 4.78 is 18.7. The normalized spacial score (nSPS) is 17.1. The average Bonchev–Trinajstić information content (AvgIpc) is 2.81. The Morgan fingerprint density at radius 1 is 1.44 bits per heavy atom. The molecule has 0 amide bonds. The van der Waals surface area contributed by atoms with E-state index in [0.717, 1.165) is 24.8 Å². The first-order chi connectivity index (χ1) is 7.72. The Bertz CT molecular complexity index is 414. The van der Waals surface area contributed by atoms with Crippen LogP contribution in [-0.2, 0) is 0 Å². The van der Waals surface area contributed by atoms with E-state index in [4.69, 9.17) is 10.5 Å². The van der Waals surface area contributed by atoms with Crippen molar-refractivity contribution in [2.45, 2.75) is 25.3 Å². The number of allylic oxidation sites excluding steroid dienone is 1. The molecule has 1 aliphatic rings. The molecule has 16 heavy (non-hydrogen) atoms. The number of benzene rings is 1. The van der Waals surface area contributed by atoms with Crippen LogP contribution in [-0.4, -0.2) is 7.11 Å². The molecule has 0 aromatic heterocycles. The summed E-state index contributed by atoms with van der Waals surface area (Å²) in [7, 11) is 1.52. The minimum atomic E-state index is -0.312. The molecule has 1 unspecified atom stereocenters. The number of hydrogen-bond acceptors (Lipinski definition) is 2. The molecule has 0 bridgehead atoms. The van der Waals surface area contributed by atoms with Crippen molar-refractivity contribution in [1.82, 2.24) is 0 Å². The molecule has 0 aliphatic heterocycles. The van der Waals surface area contributed by atoms with Crippen molar-refractivity contribution in [1.29, 1.82) is 0 Å². The first kappa shape index (κ1) is 11.1. The maximum absolute atomic E-state index is 13.8. The molecule has 2 rings (SSSR count). The number of methoxy groups -OCH3 is 1. The third kappa shape index (κ3) is 2.09. The molecule has 86 valence electrons. The van der Waals surface area contributed by atoms with Crippen LogP contribution in [0.1, 0.15) is 30.9 Å². The molecule has 0 fully saturated rings. The van der Waals surface area contributed by atoms with Crippen molar-refractivity contribution in [3.63, 3.8) is 0 Å². The van der Waals surface area contributed by atoms with Gasteiger partial charge in [-0.1, -0.05) is 17.7 Å². The monoisotopic (exact) mass is 221 g/mol. The second-order valence-electron chi connectivity index (χ2n) is 4.04. The number of nitrogens with two attached hydrogens (primary N) is 1. The minimum absolute atomic E-state index is 0.292. The average molecular weight is 221 g/mol. The maximum atomic E-state index is 13.8. The van der Waals surface area contributed by atoms with Crippen molar-refractivity contribution < 1.29 is 9.13 Å². The number of rotatable bonds is 3. The van der Waals surface area contributed by atoms with Gasteiger partial charge >= 0.3 is 0 Å². The van der Waals surface area contributed by atoms with Crippen LogP contribution in [0.4, 0.5) is 4.39 Å². The lowest BCUT2D eigenvalue weighted by molar-refractivity contribution is 0.410. The highest BCUT2D eigenvalue weighted by Crippen LogP contribution is 2.31. The van der Waals surface area contributed by atoms with Crippen LogP contribution in [0.15, 0.2) is 29.8 Å². The lowest BCUT2D eigenvalue weighted by atomic mass is 9.98. The maximum Gasteiger partial charge on any atom is 0.131 e. The molecule has 0 spiro atoms. The molecule has 0 heterocycles. The van der Waals surface area contributed by atoms with Crippen molar-refractivity contribution in [2.75, 3.05) is 7.11 Å². The fraction of sp³-hybridized carbons (Fsp3) is 0.385. The van der Waals surface area contributed by atoms with Gasteiger partial charge in [0.05, 0.1) is 13.2 Å². The first-order valence-electron chi connectivity index (χ1n) is 5.50. The Morgan fingerprint density at radius 2 is 2.25 bits per heavy atom.